The van der Waals surface area contributed by atoms with Crippen LogP contribution in [0.25, 0.3) is 10.6 Å². The van der Waals surface area contributed by atoms with Gasteiger partial charge >= 0.3 is 0 Å². The number of methoxy groups -OCH3 is 2. The van der Waals surface area contributed by atoms with Crippen LogP contribution in [0.3, 0.4) is 0 Å². The Morgan fingerprint density at radius 3 is 2.50 bits per heavy atom. The molecule has 0 atom stereocenters. The standard InChI is InChI=1S/C12H13ClN2O2S/c1-6-11(14)15-12(18-6)7-4-8(13)10(17-3)9(5-7)16-2/h4-5H,14H2,1-3H3. The topological polar surface area (TPSA) is 57.4 Å². The van der Waals surface area contributed by atoms with Gasteiger partial charge in [-0.05, 0) is 19.1 Å². The molecule has 0 radical (unpaired) electrons. The van der Waals surface area contributed by atoms with E-state index in [4.69, 9.17) is 26.8 Å². The fourth-order valence-electron chi connectivity index (χ4n) is 1.57. The molecule has 0 saturated heterocycles. The first-order chi connectivity index (χ1) is 8.56. The van der Waals surface area contributed by atoms with E-state index in [1.54, 1.807) is 20.3 Å². The number of anilines is 1. The van der Waals surface area contributed by atoms with E-state index < -0.39 is 0 Å². The van der Waals surface area contributed by atoms with Crippen LogP contribution < -0.4 is 15.2 Å². The SMILES string of the molecule is COc1cc(-c2nc(N)c(C)s2)cc(Cl)c1OC. The lowest BCUT2D eigenvalue weighted by Crippen LogP contribution is -1.92. The summed E-state index contributed by atoms with van der Waals surface area (Å²) in [5.41, 5.74) is 6.62. The first-order valence-electron chi connectivity index (χ1n) is 5.21. The minimum absolute atomic E-state index is 0.485. The molecule has 0 saturated carbocycles. The number of halogens is 1. The highest BCUT2D eigenvalue weighted by Gasteiger charge is 2.14. The predicted molar refractivity (Wildman–Crippen MR) is 74.8 cm³/mol. The van der Waals surface area contributed by atoms with E-state index in [0.29, 0.717) is 22.3 Å². The van der Waals surface area contributed by atoms with E-state index >= 15 is 0 Å². The van der Waals surface area contributed by atoms with Gasteiger partial charge in [0.15, 0.2) is 11.5 Å². The summed E-state index contributed by atoms with van der Waals surface area (Å²) in [6, 6.07) is 3.63. The van der Waals surface area contributed by atoms with Gasteiger partial charge in [-0.1, -0.05) is 11.6 Å². The van der Waals surface area contributed by atoms with Crippen molar-refractivity contribution < 1.29 is 9.47 Å². The van der Waals surface area contributed by atoms with Crippen LogP contribution in [0.1, 0.15) is 4.88 Å². The molecule has 0 amide bonds. The lowest BCUT2D eigenvalue weighted by atomic mass is 10.2. The van der Waals surface area contributed by atoms with Crippen LogP contribution in [-0.4, -0.2) is 19.2 Å². The first-order valence-corrected chi connectivity index (χ1v) is 6.41. The summed E-state index contributed by atoms with van der Waals surface area (Å²) >= 11 is 7.67. The quantitative estimate of drug-likeness (QED) is 0.939. The van der Waals surface area contributed by atoms with Crippen molar-refractivity contribution in [2.75, 3.05) is 20.0 Å². The van der Waals surface area contributed by atoms with Gasteiger partial charge < -0.3 is 15.2 Å². The lowest BCUT2D eigenvalue weighted by molar-refractivity contribution is 0.355. The van der Waals surface area contributed by atoms with Gasteiger partial charge in [-0.3, -0.25) is 0 Å². The van der Waals surface area contributed by atoms with Crippen LogP contribution in [0.4, 0.5) is 5.82 Å². The minimum Gasteiger partial charge on any atom is -0.493 e. The molecule has 18 heavy (non-hydrogen) atoms. The maximum Gasteiger partial charge on any atom is 0.179 e. The smallest absolute Gasteiger partial charge is 0.179 e. The number of nitrogen functional groups attached to an aromatic ring is 1. The summed E-state index contributed by atoms with van der Waals surface area (Å²) in [7, 11) is 3.12. The third kappa shape index (κ3) is 2.23. The fourth-order valence-corrected chi connectivity index (χ4v) is 2.68. The lowest BCUT2D eigenvalue weighted by Gasteiger charge is -2.10. The van der Waals surface area contributed by atoms with Crippen molar-refractivity contribution >= 4 is 28.8 Å². The molecule has 0 spiro atoms. The molecule has 0 fully saturated rings. The summed E-state index contributed by atoms with van der Waals surface area (Å²) in [4.78, 5) is 5.28. The molecule has 1 aromatic heterocycles. The summed E-state index contributed by atoms with van der Waals surface area (Å²) in [5.74, 6) is 1.64. The van der Waals surface area contributed by atoms with E-state index in [1.165, 1.54) is 11.3 Å². The molecule has 96 valence electrons. The van der Waals surface area contributed by atoms with Crippen LogP contribution >= 0.6 is 22.9 Å². The number of aryl methyl sites for hydroxylation is 1. The van der Waals surface area contributed by atoms with Gasteiger partial charge in [0.1, 0.15) is 10.8 Å². The molecule has 0 aliphatic heterocycles. The molecule has 0 aliphatic rings. The number of hydrogen-bond donors (Lipinski definition) is 1. The number of benzene rings is 1. The molecule has 4 nitrogen and oxygen atoms in total. The van der Waals surface area contributed by atoms with Crippen molar-refractivity contribution in [1.29, 1.82) is 0 Å². The molecule has 0 bridgehead atoms. The molecule has 0 aliphatic carbocycles. The maximum absolute atomic E-state index is 6.15. The van der Waals surface area contributed by atoms with Crippen molar-refractivity contribution in [3.8, 4) is 22.1 Å². The average Bonchev–Trinajstić information content (AvgIpc) is 2.68. The van der Waals surface area contributed by atoms with Crippen molar-refractivity contribution in [2.24, 2.45) is 0 Å². The van der Waals surface area contributed by atoms with E-state index in [2.05, 4.69) is 4.98 Å². The van der Waals surface area contributed by atoms with Crippen LogP contribution in [0, 0.1) is 6.92 Å². The molecule has 2 aromatic rings. The molecule has 0 unspecified atom stereocenters. The van der Waals surface area contributed by atoms with Gasteiger partial charge in [0.05, 0.1) is 19.2 Å². The number of ether oxygens (including phenoxy) is 2. The maximum atomic E-state index is 6.15. The van der Waals surface area contributed by atoms with Gasteiger partial charge in [0.2, 0.25) is 0 Å². The fraction of sp³-hybridized carbons (Fsp3) is 0.250. The Morgan fingerprint density at radius 1 is 1.28 bits per heavy atom. The average molecular weight is 285 g/mol. The molecule has 2 N–H and O–H groups in total. The number of thiazole rings is 1. The van der Waals surface area contributed by atoms with E-state index in [1.807, 2.05) is 13.0 Å². The highest BCUT2D eigenvalue weighted by atomic mass is 35.5. The Bertz CT molecular complexity index is 564. The molecular weight excluding hydrogens is 272 g/mol. The third-order valence-electron chi connectivity index (χ3n) is 2.51. The Labute approximate surface area is 114 Å². The monoisotopic (exact) mass is 284 g/mol. The van der Waals surface area contributed by atoms with Crippen LogP contribution in [-0.2, 0) is 0 Å². The zero-order chi connectivity index (χ0) is 13.3. The predicted octanol–water partition coefficient (Wildman–Crippen LogP) is 3.37. The second kappa shape index (κ2) is 5.04. The Hall–Kier alpha value is -1.46. The molecule has 1 heterocycles. The van der Waals surface area contributed by atoms with Crippen molar-refractivity contribution in [1.82, 2.24) is 4.98 Å². The number of rotatable bonds is 3. The minimum atomic E-state index is 0.485. The van der Waals surface area contributed by atoms with Crippen molar-refractivity contribution in [3.63, 3.8) is 0 Å². The highest BCUT2D eigenvalue weighted by Crippen LogP contribution is 2.40. The normalized spacial score (nSPS) is 10.4. The summed E-state index contributed by atoms with van der Waals surface area (Å²) in [6.07, 6.45) is 0. The number of nitrogens with zero attached hydrogens (tertiary/aromatic N) is 1. The van der Waals surface area contributed by atoms with Crippen LogP contribution in [0.2, 0.25) is 5.02 Å². The summed E-state index contributed by atoms with van der Waals surface area (Å²) < 4.78 is 10.4. The largest absolute Gasteiger partial charge is 0.493 e. The zero-order valence-corrected chi connectivity index (χ0v) is 11.9. The first kappa shape index (κ1) is 13.0. The van der Waals surface area contributed by atoms with Crippen LogP contribution in [0.5, 0.6) is 11.5 Å². The van der Waals surface area contributed by atoms with Crippen molar-refractivity contribution in [2.45, 2.75) is 6.92 Å². The summed E-state index contributed by atoms with van der Waals surface area (Å²) in [6.45, 7) is 1.93. The molecule has 1 aromatic carbocycles. The highest BCUT2D eigenvalue weighted by molar-refractivity contribution is 7.15. The van der Waals surface area contributed by atoms with E-state index in [9.17, 15) is 0 Å². The third-order valence-corrected chi connectivity index (χ3v) is 3.83. The molecule has 6 heteroatoms. The zero-order valence-electron chi connectivity index (χ0n) is 10.3. The van der Waals surface area contributed by atoms with Gasteiger partial charge in [-0.25, -0.2) is 4.98 Å². The summed E-state index contributed by atoms with van der Waals surface area (Å²) in [5, 5.41) is 1.30. The van der Waals surface area contributed by atoms with E-state index in [-0.39, 0.29) is 0 Å². The second-order valence-electron chi connectivity index (χ2n) is 3.65. The number of hydrogen-bond acceptors (Lipinski definition) is 5. The van der Waals surface area contributed by atoms with Gasteiger partial charge in [0, 0.05) is 10.4 Å². The van der Waals surface area contributed by atoms with Gasteiger partial charge in [-0.15, -0.1) is 11.3 Å². The Balaban J connectivity index is 2.55. The van der Waals surface area contributed by atoms with Gasteiger partial charge in [0.25, 0.3) is 0 Å². The van der Waals surface area contributed by atoms with E-state index in [0.717, 1.165) is 15.4 Å². The number of nitrogens with two attached hydrogens (primary N) is 1. The number of aromatic nitrogens is 1. The molecular formula is C12H13ClN2O2S. The Kier molecular flexibility index (Phi) is 3.63. The van der Waals surface area contributed by atoms with Gasteiger partial charge in [-0.2, -0.15) is 0 Å². The van der Waals surface area contributed by atoms with Crippen molar-refractivity contribution in [3.05, 3.63) is 22.0 Å². The molecule has 2 rings (SSSR count). The Morgan fingerprint density at radius 2 is 2.00 bits per heavy atom. The second-order valence-corrected chi connectivity index (χ2v) is 5.26. The van der Waals surface area contributed by atoms with Crippen LogP contribution in [0.15, 0.2) is 12.1 Å².